The number of nitrogens with zero attached hydrogens (tertiary/aromatic N) is 2. The lowest BCUT2D eigenvalue weighted by Gasteiger charge is -2.33. The number of rotatable bonds is 12. The molecule has 0 bridgehead atoms. The molecule has 1 fully saturated rings. The molecule has 0 spiro atoms. The Bertz CT molecular complexity index is 1560. The number of aryl methyl sites for hydroxylation is 1. The van der Waals surface area contributed by atoms with E-state index in [0.717, 1.165) is 47.5 Å². The van der Waals surface area contributed by atoms with E-state index in [1.807, 2.05) is 13.0 Å². The van der Waals surface area contributed by atoms with Crippen LogP contribution in [0.5, 0.6) is 11.5 Å². The number of benzene rings is 3. The van der Waals surface area contributed by atoms with Gasteiger partial charge in [0.15, 0.2) is 0 Å². The van der Waals surface area contributed by atoms with Crippen LogP contribution in [0.3, 0.4) is 0 Å². The molecule has 9 nitrogen and oxygen atoms in total. The van der Waals surface area contributed by atoms with Crippen molar-refractivity contribution in [2.75, 3.05) is 25.1 Å². The average Bonchev–Trinajstić information content (AvgIpc) is 3.02. The van der Waals surface area contributed by atoms with Gasteiger partial charge in [-0.2, -0.15) is 0 Å². The zero-order valence-corrected chi connectivity index (χ0v) is 27.2. The maximum absolute atomic E-state index is 14.3. The highest BCUT2D eigenvalue weighted by molar-refractivity contribution is 7.92. The van der Waals surface area contributed by atoms with Crippen molar-refractivity contribution in [1.29, 1.82) is 0 Å². The first-order valence-corrected chi connectivity index (χ1v) is 16.5. The molecule has 0 saturated heterocycles. The van der Waals surface area contributed by atoms with E-state index in [-0.39, 0.29) is 39.8 Å². The van der Waals surface area contributed by atoms with Gasteiger partial charge in [0.25, 0.3) is 10.0 Å². The van der Waals surface area contributed by atoms with Crippen molar-refractivity contribution < 1.29 is 27.5 Å². The smallest absolute Gasteiger partial charge is 0.264 e. The third-order valence-corrected chi connectivity index (χ3v) is 9.91. The summed E-state index contributed by atoms with van der Waals surface area (Å²) in [5.41, 5.74) is 1.71. The molecule has 0 heterocycles. The lowest BCUT2D eigenvalue weighted by atomic mass is 9.95. The molecule has 1 atom stereocenters. The van der Waals surface area contributed by atoms with Crippen molar-refractivity contribution in [2.45, 2.75) is 69.5 Å². The molecule has 11 heteroatoms. The number of carbonyl (C=O) groups is 2. The Morgan fingerprint density at radius 3 is 2.34 bits per heavy atom. The van der Waals surface area contributed by atoms with E-state index >= 15 is 0 Å². The van der Waals surface area contributed by atoms with E-state index in [1.54, 1.807) is 56.5 Å². The van der Waals surface area contributed by atoms with Crippen LogP contribution >= 0.6 is 11.6 Å². The predicted octanol–water partition coefficient (Wildman–Crippen LogP) is 5.73. The van der Waals surface area contributed by atoms with Gasteiger partial charge in [0, 0.05) is 17.6 Å². The van der Waals surface area contributed by atoms with Crippen molar-refractivity contribution in [3.63, 3.8) is 0 Å². The Kier molecular flexibility index (Phi) is 11.2. The number of ether oxygens (including phenoxy) is 2. The summed E-state index contributed by atoms with van der Waals surface area (Å²) in [5, 5.41) is 3.38. The van der Waals surface area contributed by atoms with Gasteiger partial charge in [-0.05, 0) is 74.7 Å². The fraction of sp³-hybridized carbons (Fsp3) is 0.394. The van der Waals surface area contributed by atoms with Crippen molar-refractivity contribution in [3.8, 4) is 11.5 Å². The third kappa shape index (κ3) is 8.04. The molecular formula is C33H40ClN3O6S. The molecule has 0 unspecified atom stereocenters. The van der Waals surface area contributed by atoms with Crippen LogP contribution in [0.4, 0.5) is 5.69 Å². The summed E-state index contributed by atoms with van der Waals surface area (Å²) in [7, 11) is -1.31. The fourth-order valence-electron chi connectivity index (χ4n) is 5.33. The van der Waals surface area contributed by atoms with Gasteiger partial charge >= 0.3 is 0 Å². The first-order valence-electron chi connectivity index (χ1n) is 14.7. The summed E-state index contributed by atoms with van der Waals surface area (Å²) in [6.45, 7) is 2.97. The maximum Gasteiger partial charge on any atom is 0.264 e. The lowest BCUT2D eigenvalue weighted by Crippen LogP contribution is -2.53. The minimum Gasteiger partial charge on any atom is -0.497 e. The second-order valence-electron chi connectivity index (χ2n) is 11.0. The zero-order chi connectivity index (χ0) is 31.9. The van der Waals surface area contributed by atoms with E-state index in [2.05, 4.69) is 5.32 Å². The lowest BCUT2D eigenvalue weighted by molar-refractivity contribution is -0.139. The van der Waals surface area contributed by atoms with Crippen molar-refractivity contribution in [1.82, 2.24) is 10.2 Å². The van der Waals surface area contributed by atoms with Gasteiger partial charge in [-0.3, -0.25) is 13.9 Å². The highest BCUT2D eigenvalue weighted by Crippen LogP contribution is 2.35. The Morgan fingerprint density at radius 1 is 0.977 bits per heavy atom. The number of hydrogen-bond acceptors (Lipinski definition) is 6. The summed E-state index contributed by atoms with van der Waals surface area (Å²) in [6.07, 6.45) is 5.00. The monoisotopic (exact) mass is 641 g/mol. The van der Waals surface area contributed by atoms with E-state index in [1.165, 1.54) is 30.2 Å². The highest BCUT2D eigenvalue weighted by atomic mass is 35.5. The predicted molar refractivity (Wildman–Crippen MR) is 172 cm³/mol. The second-order valence-corrected chi connectivity index (χ2v) is 13.3. The van der Waals surface area contributed by atoms with Crippen molar-refractivity contribution in [3.05, 3.63) is 82.9 Å². The number of methoxy groups -OCH3 is 2. The standard InChI is InChI=1S/C33H40ClN3O6S/c1-23-13-16-29(17-14-23)44(40,41)37(30-20-26(34)15-18-31(30)43-4)22-32(38)36(21-25-9-8-12-28(19-25)42-3)24(2)33(39)35-27-10-6-5-7-11-27/h8-9,12-20,24,27H,5-7,10-11,21-22H2,1-4H3,(H,35,39)/t24-/m1/s1. The Balaban J connectivity index is 1.74. The van der Waals surface area contributed by atoms with Gasteiger partial charge in [-0.15, -0.1) is 0 Å². The van der Waals surface area contributed by atoms with E-state index < -0.39 is 28.5 Å². The first-order chi connectivity index (χ1) is 21.0. The van der Waals surface area contributed by atoms with Crippen LogP contribution in [-0.4, -0.2) is 58.0 Å². The Labute approximate surface area is 265 Å². The first kappa shape index (κ1) is 33.1. The molecule has 0 aliphatic heterocycles. The highest BCUT2D eigenvalue weighted by Gasteiger charge is 2.34. The Hall–Kier alpha value is -3.76. The quantitative estimate of drug-likeness (QED) is 0.271. The summed E-state index contributed by atoms with van der Waals surface area (Å²) in [6, 6.07) is 17.3. The molecule has 1 aliphatic rings. The molecule has 236 valence electrons. The summed E-state index contributed by atoms with van der Waals surface area (Å²) in [5.74, 6) is -0.0416. The minimum absolute atomic E-state index is 0.000337. The van der Waals surface area contributed by atoms with Crippen LogP contribution in [0.15, 0.2) is 71.6 Å². The number of sulfonamides is 1. The zero-order valence-electron chi connectivity index (χ0n) is 25.6. The fourth-order valence-corrected chi connectivity index (χ4v) is 6.91. The number of carbonyl (C=O) groups excluding carboxylic acids is 2. The van der Waals surface area contributed by atoms with Crippen molar-refractivity contribution >= 4 is 39.1 Å². The van der Waals surface area contributed by atoms with E-state index in [0.29, 0.717) is 5.75 Å². The van der Waals surface area contributed by atoms with Crippen molar-refractivity contribution in [2.24, 2.45) is 0 Å². The number of halogens is 1. The summed E-state index contributed by atoms with van der Waals surface area (Å²) >= 11 is 6.32. The number of hydrogen-bond donors (Lipinski definition) is 1. The molecule has 2 amide bonds. The van der Waals surface area contributed by atoms with Crippen LogP contribution in [0, 0.1) is 6.92 Å². The molecule has 1 aliphatic carbocycles. The van der Waals surface area contributed by atoms with Gasteiger partial charge in [-0.1, -0.05) is 60.7 Å². The minimum atomic E-state index is -4.27. The van der Waals surface area contributed by atoms with Crippen LogP contribution < -0.4 is 19.1 Å². The molecular weight excluding hydrogens is 602 g/mol. The molecule has 3 aromatic carbocycles. The normalized spacial score (nSPS) is 14.4. The van der Waals surface area contributed by atoms with Crippen LogP contribution in [-0.2, 0) is 26.2 Å². The average molecular weight is 642 g/mol. The Morgan fingerprint density at radius 2 is 1.68 bits per heavy atom. The van der Waals surface area contributed by atoms with E-state index in [9.17, 15) is 18.0 Å². The van der Waals surface area contributed by atoms with Crippen LogP contribution in [0.2, 0.25) is 5.02 Å². The molecule has 4 rings (SSSR count). The van der Waals surface area contributed by atoms with Crippen LogP contribution in [0.25, 0.3) is 0 Å². The summed E-state index contributed by atoms with van der Waals surface area (Å²) in [4.78, 5) is 29.2. The van der Waals surface area contributed by atoms with Gasteiger partial charge in [0.05, 0.1) is 24.8 Å². The topological polar surface area (TPSA) is 105 Å². The summed E-state index contributed by atoms with van der Waals surface area (Å²) < 4.78 is 40.2. The second kappa shape index (κ2) is 14.8. The maximum atomic E-state index is 14.3. The molecule has 0 radical (unpaired) electrons. The molecule has 3 aromatic rings. The van der Waals surface area contributed by atoms with Gasteiger partial charge in [-0.25, -0.2) is 8.42 Å². The third-order valence-electron chi connectivity index (χ3n) is 7.90. The number of amides is 2. The largest absolute Gasteiger partial charge is 0.497 e. The van der Waals surface area contributed by atoms with Gasteiger partial charge < -0.3 is 19.7 Å². The van der Waals surface area contributed by atoms with Gasteiger partial charge in [0.1, 0.15) is 24.1 Å². The molecule has 44 heavy (non-hydrogen) atoms. The number of nitrogens with one attached hydrogen (secondary N) is 1. The SMILES string of the molecule is COc1cccc(CN(C(=O)CN(c2cc(Cl)ccc2OC)S(=O)(=O)c2ccc(C)cc2)[C@H](C)C(=O)NC2CCCCC2)c1. The molecule has 0 aromatic heterocycles. The molecule has 1 saturated carbocycles. The van der Waals surface area contributed by atoms with E-state index in [4.69, 9.17) is 21.1 Å². The number of anilines is 1. The van der Waals surface area contributed by atoms with Gasteiger partial charge in [0.2, 0.25) is 11.8 Å². The molecule has 1 N–H and O–H groups in total. The van der Waals surface area contributed by atoms with Crippen LogP contribution in [0.1, 0.15) is 50.2 Å².